The molecular formula is C12H8ClN3. The number of hydrogen-bond acceptors (Lipinski definition) is 2. The zero-order valence-corrected chi connectivity index (χ0v) is 9.09. The maximum absolute atomic E-state index is 5.99. The Balaban J connectivity index is 2.23. The van der Waals surface area contributed by atoms with Gasteiger partial charge in [0.25, 0.3) is 0 Å². The maximum Gasteiger partial charge on any atom is 0.140 e. The Morgan fingerprint density at radius 2 is 1.88 bits per heavy atom. The van der Waals surface area contributed by atoms with Crippen molar-refractivity contribution in [3.8, 4) is 5.69 Å². The summed E-state index contributed by atoms with van der Waals surface area (Å²) in [7, 11) is 0. The van der Waals surface area contributed by atoms with E-state index in [-0.39, 0.29) is 0 Å². The van der Waals surface area contributed by atoms with Crippen LogP contribution in [-0.2, 0) is 0 Å². The second kappa shape index (κ2) is 3.61. The summed E-state index contributed by atoms with van der Waals surface area (Å²) in [6, 6.07) is 11.8. The van der Waals surface area contributed by atoms with Crippen LogP contribution in [0.2, 0.25) is 5.15 Å². The van der Waals surface area contributed by atoms with Gasteiger partial charge in [-0.25, -0.2) is 9.67 Å². The van der Waals surface area contributed by atoms with Gasteiger partial charge in [-0.2, -0.15) is 5.10 Å². The Bertz CT molecular complexity index is 631. The molecule has 0 amide bonds. The van der Waals surface area contributed by atoms with Crippen LogP contribution in [0.1, 0.15) is 0 Å². The quantitative estimate of drug-likeness (QED) is 0.601. The van der Waals surface area contributed by atoms with Crippen molar-refractivity contribution in [3.05, 3.63) is 53.9 Å². The molecule has 0 aliphatic rings. The normalized spacial score (nSPS) is 10.8. The lowest BCUT2D eigenvalue weighted by Gasteiger charge is -1.98. The zero-order valence-electron chi connectivity index (χ0n) is 8.34. The van der Waals surface area contributed by atoms with Crippen LogP contribution < -0.4 is 0 Å². The summed E-state index contributed by atoms with van der Waals surface area (Å²) in [4.78, 5) is 4.03. The molecular weight excluding hydrogens is 222 g/mol. The van der Waals surface area contributed by atoms with E-state index in [0.717, 1.165) is 16.6 Å². The summed E-state index contributed by atoms with van der Waals surface area (Å²) >= 11 is 5.99. The highest BCUT2D eigenvalue weighted by Crippen LogP contribution is 2.21. The number of nitrogens with zero attached hydrogens (tertiary/aromatic N) is 3. The van der Waals surface area contributed by atoms with Gasteiger partial charge < -0.3 is 0 Å². The number of pyridine rings is 1. The minimum Gasteiger partial charge on any atom is -0.244 e. The average molecular weight is 230 g/mol. The van der Waals surface area contributed by atoms with Gasteiger partial charge in [-0.1, -0.05) is 29.8 Å². The molecule has 0 fully saturated rings. The predicted octanol–water partition coefficient (Wildman–Crippen LogP) is 3.07. The Kier molecular flexibility index (Phi) is 2.11. The van der Waals surface area contributed by atoms with Gasteiger partial charge in [-0.05, 0) is 18.2 Å². The molecule has 0 N–H and O–H groups in total. The monoisotopic (exact) mass is 229 g/mol. The molecule has 0 aliphatic carbocycles. The highest BCUT2D eigenvalue weighted by atomic mass is 35.5. The minimum atomic E-state index is 0.486. The number of hydrogen-bond donors (Lipinski definition) is 0. The molecule has 0 atom stereocenters. The van der Waals surface area contributed by atoms with Crippen LogP contribution in [0.4, 0.5) is 0 Å². The number of para-hydroxylation sites is 1. The molecule has 0 radical (unpaired) electrons. The molecule has 3 rings (SSSR count). The molecule has 0 saturated carbocycles. The molecule has 3 nitrogen and oxygen atoms in total. The van der Waals surface area contributed by atoms with Crippen molar-refractivity contribution in [2.24, 2.45) is 0 Å². The Morgan fingerprint density at radius 3 is 2.62 bits per heavy atom. The number of aromatic nitrogens is 3. The summed E-state index contributed by atoms with van der Waals surface area (Å²) < 4.78 is 1.80. The lowest BCUT2D eigenvalue weighted by atomic mass is 10.3. The Labute approximate surface area is 97.3 Å². The molecule has 0 saturated heterocycles. The van der Waals surface area contributed by atoms with Crippen LogP contribution in [0, 0.1) is 0 Å². The van der Waals surface area contributed by atoms with E-state index in [4.69, 9.17) is 11.6 Å². The van der Waals surface area contributed by atoms with Crippen molar-refractivity contribution in [2.75, 3.05) is 0 Å². The third-order valence-electron chi connectivity index (χ3n) is 2.41. The van der Waals surface area contributed by atoms with E-state index >= 15 is 0 Å². The highest BCUT2D eigenvalue weighted by molar-refractivity contribution is 6.34. The smallest absolute Gasteiger partial charge is 0.140 e. The lowest BCUT2D eigenvalue weighted by Crippen LogP contribution is -1.92. The van der Waals surface area contributed by atoms with Crippen molar-refractivity contribution in [1.82, 2.24) is 14.8 Å². The van der Waals surface area contributed by atoms with Gasteiger partial charge in [0, 0.05) is 12.4 Å². The minimum absolute atomic E-state index is 0.486. The zero-order chi connectivity index (χ0) is 11.0. The molecule has 2 heterocycles. The molecule has 0 unspecified atom stereocenters. The molecule has 2 aromatic heterocycles. The van der Waals surface area contributed by atoms with Crippen LogP contribution in [0.15, 0.2) is 48.8 Å². The molecule has 0 aliphatic heterocycles. The van der Waals surface area contributed by atoms with Crippen LogP contribution in [0.3, 0.4) is 0 Å². The van der Waals surface area contributed by atoms with Crippen molar-refractivity contribution in [3.63, 3.8) is 0 Å². The van der Waals surface area contributed by atoms with E-state index in [0.29, 0.717) is 5.15 Å². The van der Waals surface area contributed by atoms with Crippen molar-refractivity contribution < 1.29 is 0 Å². The topological polar surface area (TPSA) is 30.7 Å². The van der Waals surface area contributed by atoms with Gasteiger partial charge in [0.2, 0.25) is 0 Å². The molecule has 16 heavy (non-hydrogen) atoms. The fourth-order valence-electron chi connectivity index (χ4n) is 1.63. The average Bonchev–Trinajstić information content (AvgIpc) is 2.76. The summed E-state index contributed by atoms with van der Waals surface area (Å²) in [6.45, 7) is 0. The van der Waals surface area contributed by atoms with Gasteiger partial charge >= 0.3 is 0 Å². The summed E-state index contributed by atoms with van der Waals surface area (Å²) in [5.41, 5.74) is 1.86. The van der Waals surface area contributed by atoms with E-state index in [1.54, 1.807) is 10.9 Å². The molecule has 4 heteroatoms. The van der Waals surface area contributed by atoms with Crippen molar-refractivity contribution in [2.45, 2.75) is 0 Å². The fraction of sp³-hybridized carbons (Fsp3) is 0. The molecule has 0 spiro atoms. The fourth-order valence-corrected chi connectivity index (χ4v) is 1.83. The predicted molar refractivity (Wildman–Crippen MR) is 63.9 cm³/mol. The largest absolute Gasteiger partial charge is 0.244 e. The number of halogens is 1. The van der Waals surface area contributed by atoms with E-state index in [2.05, 4.69) is 10.1 Å². The van der Waals surface area contributed by atoms with Gasteiger partial charge in [0.1, 0.15) is 5.15 Å². The Morgan fingerprint density at radius 1 is 1.06 bits per heavy atom. The van der Waals surface area contributed by atoms with E-state index in [9.17, 15) is 0 Å². The first-order valence-electron chi connectivity index (χ1n) is 4.90. The maximum atomic E-state index is 5.99. The van der Waals surface area contributed by atoms with Gasteiger partial charge in [0.05, 0.1) is 16.6 Å². The first-order valence-corrected chi connectivity index (χ1v) is 5.28. The molecule has 78 valence electrons. The molecule has 0 bridgehead atoms. The van der Waals surface area contributed by atoms with Crippen molar-refractivity contribution >= 4 is 22.5 Å². The summed E-state index contributed by atoms with van der Waals surface area (Å²) in [5.74, 6) is 0. The van der Waals surface area contributed by atoms with Crippen molar-refractivity contribution in [1.29, 1.82) is 0 Å². The third-order valence-corrected chi connectivity index (χ3v) is 2.71. The molecule has 1 aromatic carbocycles. The third kappa shape index (κ3) is 1.46. The van der Waals surface area contributed by atoms with Crippen LogP contribution in [-0.4, -0.2) is 14.8 Å². The first kappa shape index (κ1) is 9.36. The Hall–Kier alpha value is -1.87. The van der Waals surface area contributed by atoms with Gasteiger partial charge in [-0.3, -0.25) is 0 Å². The highest BCUT2D eigenvalue weighted by Gasteiger charge is 2.05. The number of fused-ring (bicyclic) bond motifs is 1. The van der Waals surface area contributed by atoms with Gasteiger partial charge in [-0.15, -0.1) is 0 Å². The van der Waals surface area contributed by atoms with E-state index in [1.165, 1.54) is 0 Å². The summed E-state index contributed by atoms with van der Waals surface area (Å²) in [5, 5.41) is 5.79. The SMILES string of the molecule is Clc1nccc2nn(-c3ccccc3)cc12. The van der Waals surface area contributed by atoms with Gasteiger partial charge in [0.15, 0.2) is 0 Å². The first-order chi connectivity index (χ1) is 7.84. The second-order valence-corrected chi connectivity index (χ2v) is 3.80. The van der Waals surface area contributed by atoms with E-state index in [1.807, 2.05) is 42.6 Å². The number of rotatable bonds is 1. The molecule has 3 aromatic rings. The van der Waals surface area contributed by atoms with Crippen LogP contribution in [0.5, 0.6) is 0 Å². The van der Waals surface area contributed by atoms with Crippen LogP contribution >= 0.6 is 11.6 Å². The lowest BCUT2D eigenvalue weighted by molar-refractivity contribution is 0.896. The standard InChI is InChI=1S/C12H8ClN3/c13-12-10-8-16(9-4-2-1-3-5-9)15-11(10)6-7-14-12/h1-8H. The number of benzene rings is 1. The van der Waals surface area contributed by atoms with E-state index < -0.39 is 0 Å². The second-order valence-electron chi connectivity index (χ2n) is 3.44. The van der Waals surface area contributed by atoms with Crippen LogP contribution in [0.25, 0.3) is 16.6 Å². The summed E-state index contributed by atoms with van der Waals surface area (Å²) in [6.07, 6.45) is 3.55.